The van der Waals surface area contributed by atoms with Gasteiger partial charge < -0.3 is 0 Å². The fourth-order valence-corrected chi connectivity index (χ4v) is 1.78. The average Bonchev–Trinajstić information content (AvgIpc) is 2.18. The molecule has 1 nitrogen and oxygen atoms in total. The normalized spacial score (nSPS) is 11.1. The minimum atomic E-state index is -0.757. The highest BCUT2D eigenvalue weighted by atomic mass is 35.5. The number of rotatable bonds is 1. The van der Waals surface area contributed by atoms with E-state index in [4.69, 9.17) is 23.2 Å². The van der Waals surface area contributed by atoms with Crippen LogP contribution in [-0.4, -0.2) is 0 Å². The van der Waals surface area contributed by atoms with Gasteiger partial charge in [-0.15, -0.1) is 0 Å². The van der Waals surface area contributed by atoms with Crippen LogP contribution in [0.1, 0.15) is 10.4 Å². The molecule has 0 saturated carbocycles. The lowest BCUT2D eigenvalue weighted by Gasteiger charge is -2.05. The molecule has 0 aromatic heterocycles. The average molecular weight is 226 g/mol. The number of fused-ring (bicyclic) bond motifs is 1. The van der Waals surface area contributed by atoms with E-state index in [0.29, 0.717) is 10.9 Å². The molecule has 3 heteroatoms. The Morgan fingerprint density at radius 1 is 1.00 bits per heavy atom. The quantitative estimate of drug-likeness (QED) is 0.639. The third-order valence-corrected chi connectivity index (χ3v) is 2.62. The van der Waals surface area contributed by atoms with Gasteiger partial charge in [0.25, 0.3) is 0 Å². The third kappa shape index (κ3) is 1.54. The summed E-state index contributed by atoms with van der Waals surface area (Å²) in [6, 6.07) is 10.9. The van der Waals surface area contributed by atoms with Crippen LogP contribution in [0, 0.1) is 0 Å². The predicted octanol–water partition coefficient (Wildman–Crippen LogP) is 4.46. The molecule has 0 aliphatic carbocycles. The summed E-state index contributed by atoms with van der Waals surface area (Å²) in [6.45, 7) is 0. The second kappa shape index (κ2) is 3.68. The minimum absolute atomic E-state index is 0.0851. The zero-order valence-corrected chi connectivity index (χ0v) is 8.72. The monoisotopic (exact) mass is 225 g/mol. The summed E-state index contributed by atoms with van der Waals surface area (Å²) in [7, 11) is 0. The van der Waals surface area contributed by atoms with Gasteiger partial charge in [0.15, 0.2) is 5.75 Å². The highest BCUT2D eigenvalue weighted by Gasteiger charge is 2.13. The molecular formula is C11H7Cl2O. The zero-order chi connectivity index (χ0) is 10.1. The Morgan fingerprint density at radius 2 is 1.71 bits per heavy atom. The van der Waals surface area contributed by atoms with Crippen LogP contribution in [0.2, 0.25) is 0 Å². The minimum Gasteiger partial charge on any atom is -0.289 e. The van der Waals surface area contributed by atoms with Crippen LogP contribution in [0.3, 0.4) is 0 Å². The molecule has 71 valence electrons. The Bertz CT molecular complexity index is 466. The Balaban J connectivity index is 2.75. The van der Waals surface area contributed by atoms with Crippen molar-refractivity contribution in [2.24, 2.45) is 0 Å². The highest BCUT2D eigenvalue weighted by Crippen LogP contribution is 2.37. The fraction of sp³-hybridized carbons (Fsp3) is 0.0909. The van der Waals surface area contributed by atoms with Crippen LogP contribution in [0.15, 0.2) is 36.4 Å². The van der Waals surface area contributed by atoms with Crippen molar-refractivity contribution in [2.45, 2.75) is 4.84 Å². The van der Waals surface area contributed by atoms with Crippen LogP contribution in [-0.2, 0) is 5.11 Å². The largest absolute Gasteiger partial charge is 0.289 e. The van der Waals surface area contributed by atoms with E-state index in [-0.39, 0.29) is 5.75 Å². The summed E-state index contributed by atoms with van der Waals surface area (Å²) >= 11 is 11.3. The first-order valence-electron chi connectivity index (χ1n) is 4.17. The van der Waals surface area contributed by atoms with Crippen molar-refractivity contribution < 1.29 is 5.11 Å². The van der Waals surface area contributed by atoms with Crippen LogP contribution in [0.5, 0.6) is 5.75 Å². The van der Waals surface area contributed by atoms with Gasteiger partial charge in [0, 0.05) is 10.9 Å². The molecule has 14 heavy (non-hydrogen) atoms. The van der Waals surface area contributed by atoms with Crippen molar-refractivity contribution in [3.05, 3.63) is 42.0 Å². The van der Waals surface area contributed by atoms with Crippen LogP contribution in [0.25, 0.3) is 10.8 Å². The molecule has 0 fully saturated rings. The molecule has 0 saturated heterocycles. The summed E-state index contributed by atoms with van der Waals surface area (Å²) < 4.78 is 0. The molecule has 2 aromatic carbocycles. The van der Waals surface area contributed by atoms with E-state index in [2.05, 4.69) is 0 Å². The van der Waals surface area contributed by atoms with Gasteiger partial charge in [0.2, 0.25) is 0 Å². The molecule has 0 unspecified atom stereocenters. The number of alkyl halides is 2. The van der Waals surface area contributed by atoms with E-state index in [1.54, 1.807) is 12.1 Å². The summed E-state index contributed by atoms with van der Waals surface area (Å²) in [5, 5.41) is 13.4. The highest BCUT2D eigenvalue weighted by molar-refractivity contribution is 6.44. The van der Waals surface area contributed by atoms with E-state index in [9.17, 15) is 5.11 Å². The molecule has 0 bridgehead atoms. The van der Waals surface area contributed by atoms with E-state index >= 15 is 0 Å². The maximum Gasteiger partial charge on any atom is 0.192 e. The molecule has 0 amide bonds. The lowest BCUT2D eigenvalue weighted by atomic mass is 10.1. The van der Waals surface area contributed by atoms with Gasteiger partial charge in [-0.1, -0.05) is 59.6 Å². The summed E-state index contributed by atoms with van der Waals surface area (Å²) in [5.41, 5.74) is 0.437. The maximum atomic E-state index is 11.8. The maximum absolute atomic E-state index is 11.8. The van der Waals surface area contributed by atoms with Gasteiger partial charge >= 0.3 is 0 Å². The Morgan fingerprint density at radius 3 is 2.43 bits per heavy atom. The molecule has 1 radical (unpaired) electrons. The first-order chi connectivity index (χ1) is 6.70. The van der Waals surface area contributed by atoms with Crippen molar-refractivity contribution in [3.63, 3.8) is 0 Å². The zero-order valence-electron chi connectivity index (χ0n) is 7.21. The Kier molecular flexibility index (Phi) is 2.53. The number of halogens is 2. The summed E-state index contributed by atoms with van der Waals surface area (Å²) in [5.74, 6) is -0.0851. The topological polar surface area (TPSA) is 19.9 Å². The first-order valence-corrected chi connectivity index (χ1v) is 5.04. The number of hydrogen-bond donors (Lipinski definition) is 0. The molecule has 2 aromatic rings. The van der Waals surface area contributed by atoms with Gasteiger partial charge in [-0.2, -0.15) is 0 Å². The molecule has 2 rings (SSSR count). The van der Waals surface area contributed by atoms with E-state index < -0.39 is 4.84 Å². The fourth-order valence-electron chi connectivity index (χ4n) is 1.43. The van der Waals surface area contributed by atoms with E-state index in [1.165, 1.54) is 0 Å². The predicted molar refractivity (Wildman–Crippen MR) is 58.5 cm³/mol. The van der Waals surface area contributed by atoms with Crippen LogP contribution in [0.4, 0.5) is 0 Å². The standard InChI is InChI=1S/C11H7Cl2O/c12-11(13)9-6-5-7-3-1-2-4-8(7)10(9)14/h1-6,11H. The van der Waals surface area contributed by atoms with Crippen molar-refractivity contribution >= 4 is 34.0 Å². The molecule has 0 spiro atoms. The van der Waals surface area contributed by atoms with Gasteiger partial charge in [-0.05, 0) is 5.39 Å². The summed E-state index contributed by atoms with van der Waals surface area (Å²) in [4.78, 5) is -0.757. The van der Waals surface area contributed by atoms with E-state index in [1.807, 2.05) is 24.3 Å². The first kappa shape index (κ1) is 9.63. The molecule has 0 atom stereocenters. The SMILES string of the molecule is [O]c1c(C(Cl)Cl)ccc2ccccc12. The van der Waals surface area contributed by atoms with E-state index in [0.717, 1.165) is 5.39 Å². The second-order valence-electron chi connectivity index (χ2n) is 3.01. The summed E-state index contributed by atoms with van der Waals surface area (Å²) in [6.07, 6.45) is 0. The van der Waals surface area contributed by atoms with Gasteiger partial charge in [-0.3, -0.25) is 5.11 Å². The van der Waals surface area contributed by atoms with Crippen molar-refractivity contribution in [2.75, 3.05) is 0 Å². The Hall–Kier alpha value is -0.920. The van der Waals surface area contributed by atoms with Crippen LogP contribution >= 0.6 is 23.2 Å². The molecule has 0 aliphatic heterocycles. The Labute approximate surface area is 91.9 Å². The van der Waals surface area contributed by atoms with Gasteiger partial charge in [-0.25, -0.2) is 0 Å². The lowest BCUT2D eigenvalue weighted by Crippen LogP contribution is -1.83. The van der Waals surface area contributed by atoms with Gasteiger partial charge in [0.05, 0.1) is 0 Å². The second-order valence-corrected chi connectivity index (χ2v) is 4.10. The smallest absolute Gasteiger partial charge is 0.192 e. The van der Waals surface area contributed by atoms with Crippen molar-refractivity contribution in [1.82, 2.24) is 0 Å². The van der Waals surface area contributed by atoms with Crippen molar-refractivity contribution in [1.29, 1.82) is 0 Å². The van der Waals surface area contributed by atoms with Crippen molar-refractivity contribution in [3.8, 4) is 5.75 Å². The molecule has 0 heterocycles. The lowest BCUT2D eigenvalue weighted by molar-refractivity contribution is 0.356. The number of benzene rings is 2. The number of hydrogen-bond acceptors (Lipinski definition) is 0. The van der Waals surface area contributed by atoms with Crippen LogP contribution < -0.4 is 0 Å². The molecule has 0 aliphatic rings. The van der Waals surface area contributed by atoms with Gasteiger partial charge in [0.1, 0.15) is 4.84 Å². The molecular weight excluding hydrogens is 219 g/mol. The third-order valence-electron chi connectivity index (χ3n) is 2.15. The molecule has 0 N–H and O–H groups in total.